The molecule has 1 atom stereocenters. The van der Waals surface area contributed by atoms with E-state index in [1.54, 1.807) is 11.8 Å². The lowest BCUT2D eigenvalue weighted by molar-refractivity contribution is 0.00838. The lowest BCUT2D eigenvalue weighted by Crippen LogP contribution is -2.42. The Hall–Kier alpha value is -1.85. The number of rotatable bonds is 1. The smallest absolute Gasteiger partial charge is 0.410 e. The number of carbonyl (C=O) groups is 1. The Kier molecular flexibility index (Phi) is 4.34. The highest BCUT2D eigenvalue weighted by atomic mass is 16.6. The Labute approximate surface area is 124 Å². The topological polar surface area (TPSA) is 75.3 Å². The average molecular weight is 293 g/mol. The van der Waals surface area contributed by atoms with Crippen LogP contribution in [0, 0.1) is 6.92 Å². The van der Waals surface area contributed by atoms with Gasteiger partial charge in [-0.2, -0.15) is 0 Å². The van der Waals surface area contributed by atoms with Crippen LogP contribution in [0.1, 0.15) is 57.6 Å². The number of hydrogen-bond acceptors (Lipinski definition) is 4. The van der Waals surface area contributed by atoms with E-state index in [-0.39, 0.29) is 17.7 Å². The normalized spacial score (nSPS) is 19.4. The number of nitrogens with zero attached hydrogens (tertiary/aromatic N) is 2. The summed E-state index contributed by atoms with van der Waals surface area (Å²) in [7, 11) is 0. The zero-order chi connectivity index (χ0) is 15.6. The van der Waals surface area contributed by atoms with E-state index in [1.165, 1.54) is 6.07 Å². The van der Waals surface area contributed by atoms with E-state index < -0.39 is 5.60 Å². The van der Waals surface area contributed by atoms with Gasteiger partial charge in [0.15, 0.2) is 0 Å². The van der Waals surface area contributed by atoms with Crippen LogP contribution in [0.3, 0.4) is 0 Å². The van der Waals surface area contributed by atoms with Gasteiger partial charge in [0.05, 0.1) is 6.04 Å². The largest absolute Gasteiger partial charge is 0.444 e. The highest BCUT2D eigenvalue weighted by Gasteiger charge is 2.32. The highest BCUT2D eigenvalue weighted by molar-refractivity contribution is 5.68. The molecule has 1 aliphatic heterocycles. The van der Waals surface area contributed by atoms with Gasteiger partial charge in [-0.25, -0.2) is 9.78 Å². The van der Waals surface area contributed by atoms with Crippen LogP contribution in [0.2, 0.25) is 0 Å². The maximum absolute atomic E-state index is 12.4. The van der Waals surface area contributed by atoms with E-state index in [2.05, 4.69) is 9.97 Å². The van der Waals surface area contributed by atoms with Crippen molar-refractivity contribution >= 4 is 6.09 Å². The fraction of sp³-hybridized carbons (Fsp3) is 0.667. The van der Waals surface area contributed by atoms with Crippen molar-refractivity contribution in [1.82, 2.24) is 14.9 Å². The van der Waals surface area contributed by atoms with Crippen molar-refractivity contribution < 1.29 is 9.53 Å². The number of ether oxygens (including phenoxy) is 1. The number of aromatic nitrogens is 2. The Bertz CT molecular complexity index is 574. The number of piperidine rings is 1. The Morgan fingerprint density at radius 1 is 1.43 bits per heavy atom. The second-order valence-corrected chi connectivity index (χ2v) is 6.46. The van der Waals surface area contributed by atoms with Crippen LogP contribution >= 0.6 is 0 Å². The molecule has 1 fully saturated rings. The van der Waals surface area contributed by atoms with Crippen LogP contribution in [0.25, 0.3) is 0 Å². The summed E-state index contributed by atoms with van der Waals surface area (Å²) in [6.45, 7) is 7.93. The van der Waals surface area contributed by atoms with Gasteiger partial charge in [0.1, 0.15) is 11.4 Å². The molecule has 1 aromatic rings. The summed E-state index contributed by atoms with van der Waals surface area (Å²) in [6, 6.07) is 1.23. The van der Waals surface area contributed by atoms with Crippen LogP contribution in [0.4, 0.5) is 4.79 Å². The fourth-order valence-corrected chi connectivity index (χ4v) is 2.51. The van der Waals surface area contributed by atoms with Gasteiger partial charge >= 0.3 is 6.09 Å². The zero-order valence-corrected chi connectivity index (χ0v) is 13.1. The number of amides is 1. The van der Waals surface area contributed by atoms with E-state index in [4.69, 9.17) is 4.74 Å². The van der Waals surface area contributed by atoms with Crippen LogP contribution in [-0.4, -0.2) is 33.1 Å². The molecule has 1 aliphatic rings. The molecule has 0 aromatic carbocycles. The Morgan fingerprint density at radius 2 is 2.14 bits per heavy atom. The first-order valence-corrected chi connectivity index (χ1v) is 7.34. The average Bonchev–Trinajstić information content (AvgIpc) is 2.35. The van der Waals surface area contributed by atoms with E-state index >= 15 is 0 Å². The van der Waals surface area contributed by atoms with E-state index in [9.17, 15) is 9.59 Å². The molecular formula is C15H23N3O3. The van der Waals surface area contributed by atoms with Crippen molar-refractivity contribution in [3.8, 4) is 0 Å². The summed E-state index contributed by atoms with van der Waals surface area (Å²) in [5, 5.41) is 0. The molecule has 1 unspecified atom stereocenters. The predicted molar refractivity (Wildman–Crippen MR) is 79.1 cm³/mol. The molecule has 116 valence electrons. The number of likely N-dealkylation sites (tertiary alicyclic amines) is 1. The summed E-state index contributed by atoms with van der Waals surface area (Å²) in [4.78, 5) is 32.8. The van der Waals surface area contributed by atoms with E-state index in [0.717, 1.165) is 19.3 Å². The van der Waals surface area contributed by atoms with E-state index in [0.29, 0.717) is 18.1 Å². The van der Waals surface area contributed by atoms with Gasteiger partial charge < -0.3 is 9.72 Å². The molecule has 0 spiro atoms. The third-order valence-corrected chi connectivity index (χ3v) is 3.33. The molecular weight excluding hydrogens is 270 g/mol. The van der Waals surface area contributed by atoms with Crippen molar-refractivity contribution in [3.63, 3.8) is 0 Å². The van der Waals surface area contributed by atoms with Gasteiger partial charge in [0, 0.05) is 18.3 Å². The first-order chi connectivity index (χ1) is 9.76. The van der Waals surface area contributed by atoms with Crippen molar-refractivity contribution in [2.24, 2.45) is 0 Å². The summed E-state index contributed by atoms with van der Waals surface area (Å²) >= 11 is 0. The molecule has 2 heterocycles. The van der Waals surface area contributed by atoms with Crippen molar-refractivity contribution in [1.29, 1.82) is 0 Å². The molecule has 1 saturated heterocycles. The number of nitrogens with one attached hydrogen (secondary N) is 1. The molecule has 1 aromatic heterocycles. The first kappa shape index (κ1) is 15.5. The second kappa shape index (κ2) is 5.87. The van der Waals surface area contributed by atoms with Gasteiger partial charge in [0.25, 0.3) is 5.56 Å². The molecule has 0 aliphatic carbocycles. The summed E-state index contributed by atoms with van der Waals surface area (Å²) in [5.74, 6) is 0.547. The summed E-state index contributed by atoms with van der Waals surface area (Å²) in [6.07, 6.45) is 2.37. The van der Waals surface area contributed by atoms with Crippen molar-refractivity contribution in [2.75, 3.05) is 6.54 Å². The van der Waals surface area contributed by atoms with Crippen molar-refractivity contribution in [3.05, 3.63) is 27.9 Å². The zero-order valence-electron chi connectivity index (χ0n) is 13.1. The first-order valence-electron chi connectivity index (χ1n) is 7.34. The predicted octanol–water partition coefficient (Wildman–Crippen LogP) is 2.54. The van der Waals surface area contributed by atoms with Gasteiger partial charge in [-0.15, -0.1) is 0 Å². The number of aromatic amines is 1. The molecule has 2 rings (SSSR count). The number of H-pyrrole nitrogens is 1. The maximum Gasteiger partial charge on any atom is 0.410 e. The van der Waals surface area contributed by atoms with Gasteiger partial charge in [0.2, 0.25) is 0 Å². The van der Waals surface area contributed by atoms with Crippen LogP contribution in [0.5, 0.6) is 0 Å². The van der Waals surface area contributed by atoms with E-state index in [1.807, 2.05) is 20.8 Å². The number of carbonyl (C=O) groups excluding carboxylic acids is 1. The molecule has 0 radical (unpaired) electrons. The quantitative estimate of drug-likeness (QED) is 0.863. The minimum absolute atomic E-state index is 0.188. The third kappa shape index (κ3) is 4.06. The molecule has 21 heavy (non-hydrogen) atoms. The lowest BCUT2D eigenvalue weighted by atomic mass is 10.0. The Balaban J connectivity index is 2.26. The minimum atomic E-state index is -0.535. The van der Waals surface area contributed by atoms with Crippen LogP contribution in [-0.2, 0) is 4.74 Å². The fourth-order valence-electron chi connectivity index (χ4n) is 2.51. The van der Waals surface area contributed by atoms with Crippen LogP contribution in [0.15, 0.2) is 10.9 Å². The molecule has 0 bridgehead atoms. The minimum Gasteiger partial charge on any atom is -0.444 e. The standard InChI is InChI=1S/C15H23N3O3/c1-10-9-12(19)17-13(16-10)11-7-5-6-8-18(11)14(20)21-15(2,3)4/h9,11H,5-8H2,1-4H3,(H,16,17,19). The maximum atomic E-state index is 12.4. The van der Waals surface area contributed by atoms with Gasteiger partial charge in [-0.05, 0) is 47.0 Å². The molecule has 6 heteroatoms. The third-order valence-electron chi connectivity index (χ3n) is 3.33. The highest BCUT2D eigenvalue weighted by Crippen LogP contribution is 2.29. The Morgan fingerprint density at radius 3 is 2.76 bits per heavy atom. The number of hydrogen-bond donors (Lipinski definition) is 1. The SMILES string of the molecule is Cc1cc(=O)[nH]c(C2CCCCN2C(=O)OC(C)(C)C)n1. The summed E-state index contributed by atoms with van der Waals surface area (Å²) in [5.41, 5.74) is -0.0670. The second-order valence-electron chi connectivity index (χ2n) is 6.46. The lowest BCUT2D eigenvalue weighted by Gasteiger charge is -2.36. The number of aryl methyl sites for hydroxylation is 1. The summed E-state index contributed by atoms with van der Waals surface area (Å²) < 4.78 is 5.46. The molecule has 0 saturated carbocycles. The van der Waals surface area contributed by atoms with Gasteiger partial charge in [-0.1, -0.05) is 0 Å². The molecule has 1 N–H and O–H groups in total. The molecule has 6 nitrogen and oxygen atoms in total. The van der Waals surface area contributed by atoms with Crippen LogP contribution < -0.4 is 5.56 Å². The van der Waals surface area contributed by atoms with Gasteiger partial charge in [-0.3, -0.25) is 9.69 Å². The molecule has 1 amide bonds. The monoisotopic (exact) mass is 293 g/mol. The van der Waals surface area contributed by atoms with Crippen molar-refractivity contribution in [2.45, 2.75) is 58.6 Å².